The van der Waals surface area contributed by atoms with Crippen LogP contribution in [0.4, 0.5) is 11.4 Å². The first-order valence-corrected chi connectivity index (χ1v) is 8.85. The highest BCUT2D eigenvalue weighted by Crippen LogP contribution is 2.34. The predicted octanol–water partition coefficient (Wildman–Crippen LogP) is 3.12. The van der Waals surface area contributed by atoms with E-state index in [9.17, 15) is 4.79 Å². The molecule has 0 atom stereocenters. The molecule has 4 rings (SSSR count). The first-order valence-electron chi connectivity index (χ1n) is 8.85. The third-order valence-corrected chi connectivity index (χ3v) is 4.73. The summed E-state index contributed by atoms with van der Waals surface area (Å²) < 4.78 is 10.7. The Labute approximate surface area is 162 Å². The highest BCUT2D eigenvalue weighted by atomic mass is 16.5. The van der Waals surface area contributed by atoms with Gasteiger partial charge in [0, 0.05) is 12.2 Å². The summed E-state index contributed by atoms with van der Waals surface area (Å²) in [4.78, 5) is 14.4. The highest BCUT2D eigenvalue weighted by Gasteiger charge is 2.20. The minimum absolute atomic E-state index is 0.0694. The summed E-state index contributed by atoms with van der Waals surface area (Å²) in [5.41, 5.74) is 4.67. The number of hydrogen-bond acceptors (Lipinski definition) is 6. The zero-order valence-corrected chi connectivity index (χ0v) is 15.7. The lowest BCUT2D eigenvalue weighted by Gasteiger charge is -2.21. The second kappa shape index (κ2) is 7.56. The summed E-state index contributed by atoms with van der Waals surface area (Å²) in [5.74, 6) is 1.27. The van der Waals surface area contributed by atoms with Crippen LogP contribution in [-0.4, -0.2) is 36.9 Å². The summed E-state index contributed by atoms with van der Waals surface area (Å²) >= 11 is 0. The minimum Gasteiger partial charge on any atom is -0.493 e. The summed E-state index contributed by atoms with van der Waals surface area (Å²) in [5, 5.41) is 10.7. The molecule has 7 nitrogen and oxygen atoms in total. The topological polar surface area (TPSA) is 76.6 Å². The van der Waals surface area contributed by atoms with Crippen LogP contribution in [0.2, 0.25) is 0 Å². The van der Waals surface area contributed by atoms with Crippen LogP contribution in [0.15, 0.2) is 54.9 Å². The number of benzene rings is 2. The zero-order chi connectivity index (χ0) is 19.5. The van der Waals surface area contributed by atoms with E-state index in [0.717, 1.165) is 28.1 Å². The molecule has 0 unspecified atom stereocenters. The molecule has 0 spiro atoms. The number of nitrogens with one attached hydrogen (secondary N) is 1. The molecule has 1 aliphatic rings. The van der Waals surface area contributed by atoms with Gasteiger partial charge in [0.2, 0.25) is 5.91 Å². The van der Waals surface area contributed by atoms with Crippen molar-refractivity contribution in [1.82, 2.24) is 10.2 Å². The van der Waals surface area contributed by atoms with Gasteiger partial charge in [0.1, 0.15) is 0 Å². The molecular weight excluding hydrogens is 356 g/mol. The van der Waals surface area contributed by atoms with Gasteiger partial charge in [0.05, 0.1) is 38.8 Å². The van der Waals surface area contributed by atoms with Gasteiger partial charge in [-0.05, 0) is 41.0 Å². The van der Waals surface area contributed by atoms with Crippen LogP contribution in [0.3, 0.4) is 0 Å². The molecule has 0 saturated heterocycles. The van der Waals surface area contributed by atoms with Crippen LogP contribution in [-0.2, 0) is 11.3 Å². The average Bonchev–Trinajstić information content (AvgIpc) is 2.91. The summed E-state index contributed by atoms with van der Waals surface area (Å²) in [6.45, 7) is 0.859. The van der Waals surface area contributed by atoms with Gasteiger partial charge in [-0.3, -0.25) is 4.79 Å². The van der Waals surface area contributed by atoms with Crippen LogP contribution in [0, 0.1) is 0 Å². The SMILES string of the molecule is COc1ccc(-c2ccc3c(c2)NC(=O)CN(c2ccnnc2)C3)cc1OC. The van der Waals surface area contributed by atoms with E-state index < -0.39 is 0 Å². The van der Waals surface area contributed by atoms with Crippen LogP contribution >= 0.6 is 0 Å². The Morgan fingerprint density at radius 3 is 2.46 bits per heavy atom. The Bertz CT molecular complexity index is 1010. The molecule has 0 bridgehead atoms. The van der Waals surface area contributed by atoms with E-state index >= 15 is 0 Å². The average molecular weight is 376 g/mol. The maximum Gasteiger partial charge on any atom is 0.243 e. The van der Waals surface area contributed by atoms with E-state index in [0.29, 0.717) is 18.0 Å². The zero-order valence-electron chi connectivity index (χ0n) is 15.7. The Hall–Kier alpha value is -3.61. The molecule has 1 amide bonds. The van der Waals surface area contributed by atoms with Gasteiger partial charge in [-0.15, -0.1) is 0 Å². The van der Waals surface area contributed by atoms with Crippen molar-refractivity contribution in [3.05, 3.63) is 60.4 Å². The van der Waals surface area contributed by atoms with Crippen molar-refractivity contribution in [2.75, 3.05) is 31.0 Å². The van der Waals surface area contributed by atoms with Crippen molar-refractivity contribution >= 4 is 17.3 Å². The molecule has 2 heterocycles. The monoisotopic (exact) mass is 376 g/mol. The van der Waals surface area contributed by atoms with Crippen LogP contribution < -0.4 is 19.7 Å². The third kappa shape index (κ3) is 3.46. The second-order valence-electron chi connectivity index (χ2n) is 6.45. The van der Waals surface area contributed by atoms with Crippen molar-refractivity contribution in [2.45, 2.75) is 6.54 Å². The smallest absolute Gasteiger partial charge is 0.243 e. The lowest BCUT2D eigenvalue weighted by molar-refractivity contribution is -0.114. The van der Waals surface area contributed by atoms with Gasteiger partial charge in [0.25, 0.3) is 0 Å². The molecular formula is C21H20N4O3. The molecule has 0 saturated carbocycles. The van der Waals surface area contributed by atoms with Gasteiger partial charge in [-0.1, -0.05) is 18.2 Å². The number of rotatable bonds is 4. The van der Waals surface area contributed by atoms with E-state index in [1.807, 2.05) is 47.4 Å². The number of carbonyl (C=O) groups excluding carboxylic acids is 1. The fourth-order valence-corrected chi connectivity index (χ4v) is 3.30. The Morgan fingerprint density at radius 2 is 1.71 bits per heavy atom. The van der Waals surface area contributed by atoms with Crippen LogP contribution in [0.5, 0.6) is 11.5 Å². The third-order valence-electron chi connectivity index (χ3n) is 4.73. The van der Waals surface area contributed by atoms with E-state index in [1.165, 1.54) is 0 Å². The van der Waals surface area contributed by atoms with Gasteiger partial charge in [-0.25, -0.2) is 0 Å². The molecule has 7 heteroatoms. The maximum atomic E-state index is 12.4. The van der Waals surface area contributed by atoms with Crippen LogP contribution in [0.1, 0.15) is 5.56 Å². The first-order chi connectivity index (χ1) is 13.7. The summed E-state index contributed by atoms with van der Waals surface area (Å²) in [7, 11) is 3.22. The maximum absolute atomic E-state index is 12.4. The molecule has 28 heavy (non-hydrogen) atoms. The minimum atomic E-state index is -0.0694. The molecule has 3 aromatic rings. The molecule has 1 aromatic heterocycles. The highest BCUT2D eigenvalue weighted by molar-refractivity contribution is 5.96. The number of hydrogen-bond donors (Lipinski definition) is 1. The largest absolute Gasteiger partial charge is 0.493 e. The molecule has 0 fully saturated rings. The first kappa shape index (κ1) is 17.8. The molecule has 2 aromatic carbocycles. The number of nitrogens with zero attached hydrogens (tertiary/aromatic N) is 3. The van der Waals surface area contributed by atoms with Crippen molar-refractivity contribution in [3.63, 3.8) is 0 Å². The fraction of sp³-hybridized carbons (Fsp3) is 0.190. The van der Waals surface area contributed by atoms with E-state index in [-0.39, 0.29) is 12.5 Å². The molecule has 0 radical (unpaired) electrons. The van der Waals surface area contributed by atoms with E-state index in [2.05, 4.69) is 15.5 Å². The van der Waals surface area contributed by atoms with Gasteiger partial charge >= 0.3 is 0 Å². The number of methoxy groups -OCH3 is 2. The normalized spacial score (nSPS) is 13.4. The number of amides is 1. The van der Waals surface area contributed by atoms with Crippen molar-refractivity contribution in [2.24, 2.45) is 0 Å². The summed E-state index contributed by atoms with van der Waals surface area (Å²) in [6.07, 6.45) is 3.29. The molecule has 1 aliphatic heterocycles. The van der Waals surface area contributed by atoms with Gasteiger partial charge in [0.15, 0.2) is 11.5 Å². The number of anilines is 2. The van der Waals surface area contributed by atoms with E-state index in [4.69, 9.17) is 9.47 Å². The van der Waals surface area contributed by atoms with Gasteiger partial charge in [-0.2, -0.15) is 10.2 Å². The summed E-state index contributed by atoms with van der Waals surface area (Å²) in [6, 6.07) is 13.7. The van der Waals surface area contributed by atoms with Crippen molar-refractivity contribution in [1.29, 1.82) is 0 Å². The lowest BCUT2D eigenvalue weighted by atomic mass is 10.0. The lowest BCUT2D eigenvalue weighted by Crippen LogP contribution is -2.29. The van der Waals surface area contributed by atoms with Crippen molar-refractivity contribution < 1.29 is 14.3 Å². The number of fused-ring (bicyclic) bond motifs is 1. The Balaban J connectivity index is 1.68. The second-order valence-corrected chi connectivity index (χ2v) is 6.45. The standard InChI is InChI=1S/C21H20N4O3/c1-27-19-6-5-15(10-20(19)28-2)14-3-4-16-12-25(17-7-8-22-23-11-17)13-21(26)24-18(16)9-14/h3-11H,12-13H2,1-2H3,(H,24,26). The van der Waals surface area contributed by atoms with Gasteiger partial charge < -0.3 is 19.7 Å². The number of ether oxygens (including phenoxy) is 2. The predicted molar refractivity (Wildman–Crippen MR) is 107 cm³/mol. The number of carbonyl (C=O) groups is 1. The van der Waals surface area contributed by atoms with Crippen molar-refractivity contribution in [3.8, 4) is 22.6 Å². The van der Waals surface area contributed by atoms with E-state index in [1.54, 1.807) is 26.6 Å². The van der Waals surface area contributed by atoms with Crippen LogP contribution in [0.25, 0.3) is 11.1 Å². The fourth-order valence-electron chi connectivity index (χ4n) is 3.30. The Kier molecular flexibility index (Phi) is 4.80. The molecule has 1 N–H and O–H groups in total. The number of aromatic nitrogens is 2. The molecule has 142 valence electrons. The quantitative estimate of drug-likeness (QED) is 0.754. The molecule has 0 aliphatic carbocycles. The Morgan fingerprint density at radius 1 is 0.929 bits per heavy atom.